The lowest BCUT2D eigenvalue weighted by atomic mass is 10.2. The quantitative estimate of drug-likeness (QED) is 0.823. The average Bonchev–Trinajstić information content (AvgIpc) is 3.18. The molecule has 1 fully saturated rings. The van der Waals surface area contributed by atoms with E-state index in [2.05, 4.69) is 23.3 Å². The highest BCUT2D eigenvalue weighted by Gasteiger charge is 2.26. The first kappa shape index (κ1) is 14.1. The van der Waals surface area contributed by atoms with E-state index in [0.717, 1.165) is 51.0 Å². The Bertz CT molecular complexity index is 472. The van der Waals surface area contributed by atoms with Crippen molar-refractivity contribution in [2.45, 2.75) is 52.1 Å². The van der Waals surface area contributed by atoms with E-state index >= 15 is 0 Å². The Labute approximate surface area is 114 Å². The zero-order chi connectivity index (χ0) is 13.8. The molecule has 0 bridgehead atoms. The van der Waals surface area contributed by atoms with E-state index in [0.29, 0.717) is 6.04 Å². The van der Waals surface area contributed by atoms with Crippen molar-refractivity contribution in [2.24, 2.45) is 0 Å². The van der Waals surface area contributed by atoms with Gasteiger partial charge < -0.3 is 9.67 Å². The summed E-state index contributed by atoms with van der Waals surface area (Å²) in [7, 11) is 0. The van der Waals surface area contributed by atoms with Crippen LogP contribution in [-0.4, -0.2) is 27.7 Å². The lowest BCUT2D eigenvalue weighted by Gasteiger charge is -2.23. The standard InChI is InChI=1S/C15H24N2O2/c1-3-7-16(8-4-2)10-13-9-14(18)15(19)11-17(13)12-5-6-12/h9,11-12,19H,3-8,10H2,1-2H3. The molecule has 106 valence electrons. The van der Waals surface area contributed by atoms with Gasteiger partial charge in [0, 0.05) is 24.3 Å². The smallest absolute Gasteiger partial charge is 0.223 e. The van der Waals surface area contributed by atoms with Gasteiger partial charge in [0.15, 0.2) is 5.75 Å². The van der Waals surface area contributed by atoms with Gasteiger partial charge in [-0.15, -0.1) is 0 Å². The third kappa shape index (κ3) is 3.60. The van der Waals surface area contributed by atoms with E-state index < -0.39 is 0 Å². The van der Waals surface area contributed by atoms with E-state index in [1.54, 1.807) is 12.3 Å². The van der Waals surface area contributed by atoms with Gasteiger partial charge >= 0.3 is 0 Å². The van der Waals surface area contributed by atoms with Crippen molar-refractivity contribution in [3.05, 3.63) is 28.2 Å². The van der Waals surface area contributed by atoms with E-state index in [4.69, 9.17) is 0 Å². The number of aromatic hydroxyl groups is 1. The second kappa shape index (κ2) is 6.24. The summed E-state index contributed by atoms with van der Waals surface area (Å²) in [6.45, 7) is 7.25. The summed E-state index contributed by atoms with van der Waals surface area (Å²) >= 11 is 0. The van der Waals surface area contributed by atoms with Gasteiger partial charge in [0.05, 0.1) is 6.20 Å². The molecule has 0 radical (unpaired) electrons. The maximum atomic E-state index is 11.7. The fourth-order valence-corrected chi connectivity index (χ4v) is 2.53. The van der Waals surface area contributed by atoms with E-state index in [9.17, 15) is 9.90 Å². The largest absolute Gasteiger partial charge is 0.503 e. The molecule has 0 aliphatic heterocycles. The summed E-state index contributed by atoms with van der Waals surface area (Å²) in [5, 5.41) is 9.60. The second-order valence-corrected chi connectivity index (χ2v) is 5.43. The summed E-state index contributed by atoms with van der Waals surface area (Å²) in [6.07, 6.45) is 6.15. The molecular formula is C15H24N2O2. The fraction of sp³-hybridized carbons (Fsp3) is 0.667. The first-order valence-corrected chi connectivity index (χ1v) is 7.32. The van der Waals surface area contributed by atoms with Crippen LogP contribution < -0.4 is 5.43 Å². The molecule has 1 saturated carbocycles. The lowest BCUT2D eigenvalue weighted by Crippen LogP contribution is -2.27. The molecule has 4 nitrogen and oxygen atoms in total. The minimum Gasteiger partial charge on any atom is -0.503 e. The SMILES string of the molecule is CCCN(CCC)Cc1cc(=O)c(O)cn1C1CC1. The predicted octanol–water partition coefficient (Wildman–Crippen LogP) is 2.51. The predicted molar refractivity (Wildman–Crippen MR) is 76.5 cm³/mol. The molecular weight excluding hydrogens is 240 g/mol. The molecule has 0 atom stereocenters. The molecule has 1 aromatic rings. The highest BCUT2D eigenvalue weighted by molar-refractivity contribution is 5.22. The van der Waals surface area contributed by atoms with Gasteiger partial charge in [0.2, 0.25) is 5.43 Å². The van der Waals surface area contributed by atoms with E-state index in [-0.39, 0.29) is 11.2 Å². The molecule has 0 saturated heterocycles. The summed E-state index contributed by atoms with van der Waals surface area (Å²) in [6, 6.07) is 2.08. The van der Waals surface area contributed by atoms with Crippen LogP contribution in [0.25, 0.3) is 0 Å². The van der Waals surface area contributed by atoms with Gasteiger partial charge in [-0.1, -0.05) is 13.8 Å². The van der Waals surface area contributed by atoms with Gasteiger partial charge in [0.1, 0.15) is 0 Å². The Morgan fingerprint density at radius 1 is 1.32 bits per heavy atom. The van der Waals surface area contributed by atoms with Crippen molar-refractivity contribution < 1.29 is 5.11 Å². The third-order valence-electron chi connectivity index (χ3n) is 3.55. The molecule has 0 amide bonds. The fourth-order valence-electron chi connectivity index (χ4n) is 2.53. The van der Waals surface area contributed by atoms with Gasteiger partial charge in [-0.05, 0) is 38.8 Å². The van der Waals surface area contributed by atoms with Crippen molar-refractivity contribution in [3.63, 3.8) is 0 Å². The van der Waals surface area contributed by atoms with Crippen molar-refractivity contribution in [1.29, 1.82) is 0 Å². The molecule has 1 aromatic heterocycles. The minimum absolute atomic E-state index is 0.131. The molecule has 1 heterocycles. The molecule has 0 aromatic carbocycles. The second-order valence-electron chi connectivity index (χ2n) is 5.43. The monoisotopic (exact) mass is 264 g/mol. The zero-order valence-electron chi connectivity index (χ0n) is 11.9. The Morgan fingerprint density at radius 3 is 2.47 bits per heavy atom. The highest BCUT2D eigenvalue weighted by Crippen LogP contribution is 2.36. The average molecular weight is 264 g/mol. The number of hydrogen-bond acceptors (Lipinski definition) is 3. The molecule has 2 rings (SSSR count). The van der Waals surface area contributed by atoms with Crippen LogP contribution in [-0.2, 0) is 6.54 Å². The Kier molecular flexibility index (Phi) is 4.64. The molecule has 0 spiro atoms. The number of rotatable bonds is 7. The minimum atomic E-state index is -0.264. The lowest BCUT2D eigenvalue weighted by molar-refractivity contribution is 0.258. The number of nitrogens with zero attached hydrogens (tertiary/aromatic N) is 2. The number of hydrogen-bond donors (Lipinski definition) is 1. The summed E-state index contributed by atoms with van der Waals surface area (Å²) in [4.78, 5) is 14.0. The first-order valence-electron chi connectivity index (χ1n) is 7.32. The van der Waals surface area contributed by atoms with E-state index in [1.807, 2.05) is 0 Å². The molecule has 1 aliphatic rings. The van der Waals surface area contributed by atoms with Crippen molar-refractivity contribution in [1.82, 2.24) is 9.47 Å². The normalized spacial score (nSPS) is 15.1. The van der Waals surface area contributed by atoms with Gasteiger partial charge in [-0.2, -0.15) is 0 Å². The Morgan fingerprint density at radius 2 is 1.95 bits per heavy atom. The van der Waals surface area contributed by atoms with Crippen LogP contribution in [0.5, 0.6) is 5.75 Å². The molecule has 4 heteroatoms. The van der Waals surface area contributed by atoms with Crippen LogP contribution in [0.3, 0.4) is 0 Å². The summed E-state index contributed by atoms with van der Waals surface area (Å²) in [5.41, 5.74) is 0.770. The van der Waals surface area contributed by atoms with Crippen LogP contribution in [0.1, 0.15) is 51.3 Å². The summed E-state index contributed by atoms with van der Waals surface area (Å²) < 4.78 is 2.09. The van der Waals surface area contributed by atoms with Crippen LogP contribution in [0, 0.1) is 0 Å². The van der Waals surface area contributed by atoms with Crippen molar-refractivity contribution in [3.8, 4) is 5.75 Å². The zero-order valence-corrected chi connectivity index (χ0v) is 11.9. The highest BCUT2D eigenvalue weighted by atomic mass is 16.3. The summed E-state index contributed by atoms with van der Waals surface area (Å²) in [5.74, 6) is -0.131. The topological polar surface area (TPSA) is 45.5 Å². The molecule has 1 aliphatic carbocycles. The van der Waals surface area contributed by atoms with Gasteiger partial charge in [-0.3, -0.25) is 9.69 Å². The third-order valence-corrected chi connectivity index (χ3v) is 3.55. The van der Waals surface area contributed by atoms with Gasteiger partial charge in [0.25, 0.3) is 0 Å². The van der Waals surface area contributed by atoms with Crippen molar-refractivity contribution in [2.75, 3.05) is 13.1 Å². The van der Waals surface area contributed by atoms with Crippen LogP contribution in [0.15, 0.2) is 17.1 Å². The van der Waals surface area contributed by atoms with E-state index in [1.165, 1.54) is 0 Å². The molecule has 0 unspecified atom stereocenters. The van der Waals surface area contributed by atoms with Crippen molar-refractivity contribution >= 4 is 0 Å². The molecule has 1 N–H and O–H groups in total. The number of aromatic nitrogens is 1. The first-order chi connectivity index (χ1) is 9.15. The Hall–Kier alpha value is -1.29. The van der Waals surface area contributed by atoms with Gasteiger partial charge in [-0.25, -0.2) is 0 Å². The number of pyridine rings is 1. The van der Waals surface area contributed by atoms with Crippen LogP contribution >= 0.6 is 0 Å². The van der Waals surface area contributed by atoms with Crippen LogP contribution in [0.4, 0.5) is 0 Å². The molecule has 19 heavy (non-hydrogen) atoms. The maximum Gasteiger partial charge on any atom is 0.223 e. The maximum absolute atomic E-state index is 11.7. The Balaban J connectivity index is 2.21. The van der Waals surface area contributed by atoms with Crippen LogP contribution in [0.2, 0.25) is 0 Å².